The highest BCUT2D eigenvalue weighted by Crippen LogP contribution is 2.22. The van der Waals surface area contributed by atoms with Gasteiger partial charge in [0.25, 0.3) is 0 Å². The van der Waals surface area contributed by atoms with Crippen LogP contribution in [0.15, 0.2) is 213 Å². The highest BCUT2D eigenvalue weighted by atomic mass is 14.7. The second kappa shape index (κ2) is 20.6. The monoisotopic (exact) mass is 790 g/mol. The van der Waals surface area contributed by atoms with E-state index in [1.165, 1.54) is 44.5 Å². The summed E-state index contributed by atoms with van der Waals surface area (Å²) in [4.78, 5) is 18.6. The van der Waals surface area contributed by atoms with Gasteiger partial charge in [0.15, 0.2) is 0 Å². The minimum atomic E-state index is 0.959. The van der Waals surface area contributed by atoms with Crippen LogP contribution in [0.1, 0.15) is 38.9 Å². The van der Waals surface area contributed by atoms with Gasteiger partial charge in [0.05, 0.1) is 22.8 Å². The molecule has 61 heavy (non-hydrogen) atoms. The number of aromatic nitrogens is 4. The molecule has 4 aromatic heterocycles. The Morgan fingerprint density at radius 1 is 0.262 bits per heavy atom. The van der Waals surface area contributed by atoms with Crippen LogP contribution in [-0.4, -0.2) is 19.9 Å². The van der Waals surface area contributed by atoms with E-state index >= 15 is 0 Å². The molecule has 0 unspecified atom stereocenters. The Morgan fingerprint density at radius 2 is 0.525 bits per heavy atom. The third kappa shape index (κ3) is 11.7. The van der Waals surface area contributed by atoms with Crippen LogP contribution in [0, 0.1) is 6.92 Å². The molecule has 0 aliphatic heterocycles. The lowest BCUT2D eigenvalue weighted by molar-refractivity contribution is 0.897. The predicted octanol–water partition coefficient (Wildman–Crippen LogP) is 13.3. The fraction of sp³-hybridized carbons (Fsp3) is 0.123. The molecular weight excluding hydrogens is 741 g/mol. The summed E-state index contributed by atoms with van der Waals surface area (Å²) in [6, 6.07) is 65.7. The topological polar surface area (TPSA) is 51.6 Å². The van der Waals surface area contributed by atoms with Crippen LogP contribution in [0.4, 0.5) is 0 Å². The smallest absolute Gasteiger partial charge is 0.0702 e. The van der Waals surface area contributed by atoms with Crippen LogP contribution in [0.3, 0.4) is 0 Å². The van der Waals surface area contributed by atoms with E-state index in [0.717, 1.165) is 78.0 Å². The van der Waals surface area contributed by atoms with Crippen molar-refractivity contribution < 1.29 is 0 Å². The second-order valence-electron chi connectivity index (χ2n) is 15.5. The molecular formula is C57H50N4. The molecule has 298 valence electrons. The molecule has 0 bridgehead atoms. The Morgan fingerprint density at radius 3 is 0.770 bits per heavy atom. The predicted molar refractivity (Wildman–Crippen MR) is 252 cm³/mol. The lowest BCUT2D eigenvalue weighted by Gasteiger charge is -2.12. The van der Waals surface area contributed by atoms with Crippen molar-refractivity contribution in [1.29, 1.82) is 0 Å². The molecule has 0 saturated heterocycles. The first-order chi connectivity index (χ1) is 30.1. The molecule has 0 N–H and O–H groups in total. The molecule has 4 heteroatoms. The zero-order valence-electron chi connectivity index (χ0n) is 34.7. The highest BCUT2D eigenvalue weighted by Gasteiger charge is 2.08. The van der Waals surface area contributed by atoms with E-state index in [-0.39, 0.29) is 0 Å². The fourth-order valence-electron chi connectivity index (χ4n) is 7.44. The number of hydrogen-bond donors (Lipinski definition) is 0. The van der Waals surface area contributed by atoms with Crippen molar-refractivity contribution in [2.24, 2.45) is 0 Å². The average Bonchev–Trinajstić information content (AvgIpc) is 3.34. The molecule has 0 fully saturated rings. The zero-order chi connectivity index (χ0) is 41.5. The van der Waals surface area contributed by atoms with Crippen molar-refractivity contribution >= 4 is 0 Å². The lowest BCUT2D eigenvalue weighted by atomic mass is 9.94. The van der Waals surface area contributed by atoms with Crippen LogP contribution in [0.25, 0.3) is 45.0 Å². The fourth-order valence-corrected chi connectivity index (χ4v) is 7.44. The third-order valence-corrected chi connectivity index (χ3v) is 10.9. The van der Waals surface area contributed by atoms with Gasteiger partial charge >= 0.3 is 0 Å². The van der Waals surface area contributed by atoms with Crippen LogP contribution in [0.2, 0.25) is 0 Å². The van der Waals surface area contributed by atoms with Crippen LogP contribution in [-0.2, 0) is 38.5 Å². The van der Waals surface area contributed by atoms with E-state index in [1.54, 1.807) is 0 Å². The van der Waals surface area contributed by atoms with Crippen LogP contribution < -0.4 is 0 Å². The molecule has 0 aliphatic carbocycles. The number of aryl methyl sites for hydroxylation is 7. The molecule has 5 aromatic carbocycles. The van der Waals surface area contributed by atoms with E-state index < -0.39 is 0 Å². The highest BCUT2D eigenvalue weighted by molar-refractivity contribution is 5.61. The number of nitrogens with zero attached hydrogens (tertiary/aromatic N) is 4. The largest absolute Gasteiger partial charge is 0.256 e. The molecule has 0 aliphatic rings. The van der Waals surface area contributed by atoms with Crippen molar-refractivity contribution in [1.82, 2.24) is 19.9 Å². The first kappa shape index (κ1) is 40.5. The zero-order valence-corrected chi connectivity index (χ0v) is 34.7. The van der Waals surface area contributed by atoms with Gasteiger partial charge < -0.3 is 0 Å². The number of pyridine rings is 4. The van der Waals surface area contributed by atoms with Crippen LogP contribution >= 0.6 is 0 Å². The molecule has 0 spiro atoms. The summed E-state index contributed by atoms with van der Waals surface area (Å²) in [5.74, 6) is 0. The minimum Gasteiger partial charge on any atom is -0.256 e. The Labute approximate surface area is 360 Å². The maximum atomic E-state index is 4.76. The first-order valence-corrected chi connectivity index (χ1v) is 21.2. The normalized spacial score (nSPS) is 10.8. The third-order valence-electron chi connectivity index (χ3n) is 10.9. The van der Waals surface area contributed by atoms with Gasteiger partial charge in [-0.25, -0.2) is 0 Å². The summed E-state index contributed by atoms with van der Waals surface area (Å²) in [5, 5.41) is 0. The van der Waals surface area contributed by atoms with Gasteiger partial charge in [0, 0.05) is 47.0 Å². The Kier molecular flexibility index (Phi) is 13.7. The molecule has 4 nitrogen and oxygen atoms in total. The van der Waals surface area contributed by atoms with E-state index in [0.29, 0.717) is 0 Å². The number of hydrogen-bond acceptors (Lipinski definition) is 4. The summed E-state index contributed by atoms with van der Waals surface area (Å²) < 4.78 is 0. The summed E-state index contributed by atoms with van der Waals surface area (Å²) in [7, 11) is 0. The summed E-state index contributed by atoms with van der Waals surface area (Å²) in [5.41, 5.74) is 17.8. The molecule has 0 radical (unpaired) electrons. The molecule has 0 atom stereocenters. The molecule has 9 rings (SSSR count). The number of rotatable bonds is 13. The van der Waals surface area contributed by atoms with Crippen LogP contribution in [0.5, 0.6) is 0 Å². The van der Waals surface area contributed by atoms with E-state index in [4.69, 9.17) is 15.0 Å². The quantitative estimate of drug-likeness (QED) is 0.117. The number of benzene rings is 5. The van der Waals surface area contributed by atoms with E-state index in [2.05, 4.69) is 151 Å². The van der Waals surface area contributed by atoms with Crippen molar-refractivity contribution in [2.45, 2.75) is 45.4 Å². The molecule has 9 aromatic rings. The summed E-state index contributed by atoms with van der Waals surface area (Å²) >= 11 is 0. The van der Waals surface area contributed by atoms with Gasteiger partial charge in [-0.15, -0.1) is 0 Å². The van der Waals surface area contributed by atoms with Gasteiger partial charge in [-0.05, 0) is 109 Å². The van der Waals surface area contributed by atoms with Gasteiger partial charge in [-0.3, -0.25) is 19.9 Å². The maximum Gasteiger partial charge on any atom is 0.0702 e. The summed E-state index contributed by atoms with van der Waals surface area (Å²) in [6.07, 6.45) is 13.8. The minimum absolute atomic E-state index is 0.959. The Hall–Kier alpha value is -7.30. The van der Waals surface area contributed by atoms with E-state index in [9.17, 15) is 0 Å². The molecule has 0 amide bonds. The first-order valence-electron chi connectivity index (χ1n) is 21.2. The van der Waals surface area contributed by atoms with Crippen molar-refractivity contribution in [3.8, 4) is 45.0 Å². The van der Waals surface area contributed by atoms with Gasteiger partial charge in [0.1, 0.15) is 0 Å². The van der Waals surface area contributed by atoms with Gasteiger partial charge in [-0.1, -0.05) is 164 Å². The van der Waals surface area contributed by atoms with Crippen molar-refractivity contribution in [3.05, 3.63) is 252 Å². The van der Waals surface area contributed by atoms with Gasteiger partial charge in [0.2, 0.25) is 0 Å². The van der Waals surface area contributed by atoms with Crippen molar-refractivity contribution in [2.75, 3.05) is 0 Å². The van der Waals surface area contributed by atoms with E-state index in [1.807, 2.05) is 74.2 Å². The maximum absolute atomic E-state index is 4.76. The second-order valence-corrected chi connectivity index (χ2v) is 15.5. The standard InChI is InChI=1S/C45H39N3.C12H11N/c1-4-10-40(11-5-1)43-25-22-34(31-46-43)16-19-37-28-38(20-17-35-23-26-44(47-32-35)41-12-6-2-7-13-41)30-39(29-37)21-18-36-24-27-45(48-33-36)42-14-8-3-9-15-42;1-10-7-8-12(13-9-10)11-5-3-2-4-6-11/h1-15,22-33H,16-21H2;2-9H,1H3. The molecule has 4 heterocycles. The lowest BCUT2D eigenvalue weighted by Crippen LogP contribution is -2.00. The Bertz CT molecular complexity index is 2430. The van der Waals surface area contributed by atoms with Gasteiger partial charge in [-0.2, -0.15) is 0 Å². The van der Waals surface area contributed by atoms with Crippen molar-refractivity contribution in [3.63, 3.8) is 0 Å². The SMILES string of the molecule is Cc1ccc(-c2ccccc2)nc1.c1ccc(-c2ccc(CCc3cc(CCc4ccc(-c5ccccc5)nc4)cc(CCc4ccc(-c5ccccc5)nc4)c3)cn2)cc1. The molecule has 0 saturated carbocycles. The Balaban J connectivity index is 0.000000336. The summed E-state index contributed by atoms with van der Waals surface area (Å²) in [6.45, 7) is 2.04. The average molecular weight is 791 g/mol.